The van der Waals surface area contributed by atoms with Gasteiger partial charge in [0, 0.05) is 52.1 Å². The van der Waals surface area contributed by atoms with Crippen LogP contribution in [0.25, 0.3) is 0 Å². The van der Waals surface area contributed by atoms with E-state index in [1.54, 1.807) is 0 Å². The molecule has 1 aromatic rings. The Morgan fingerprint density at radius 3 is 2.25 bits per heavy atom. The van der Waals surface area contributed by atoms with Crippen LogP contribution in [0.2, 0.25) is 0 Å². The molecule has 0 atom stereocenters. The molecule has 1 aliphatic heterocycles. The maximum absolute atomic E-state index is 12.4. The van der Waals surface area contributed by atoms with E-state index in [1.165, 1.54) is 5.56 Å². The summed E-state index contributed by atoms with van der Waals surface area (Å²) in [5.41, 5.74) is 7.18. The number of nitrogens with zero attached hydrogens (tertiary/aromatic N) is 3. The minimum atomic E-state index is 0. The number of piperazine rings is 1. The highest BCUT2D eigenvalue weighted by molar-refractivity contribution is 14.0. The molecule has 1 aromatic carbocycles. The van der Waals surface area contributed by atoms with Gasteiger partial charge in [0.15, 0.2) is 5.96 Å². The van der Waals surface area contributed by atoms with Gasteiger partial charge in [-0.15, -0.1) is 24.0 Å². The average molecular weight is 558 g/mol. The van der Waals surface area contributed by atoms with E-state index in [0.717, 1.165) is 32.2 Å². The van der Waals surface area contributed by atoms with Gasteiger partial charge in [-0.05, 0) is 30.7 Å². The Kier molecular flexibility index (Phi) is 14.0. The monoisotopic (exact) mass is 557 g/mol. The maximum Gasteiger partial charge on any atom is 0.222 e. The molecule has 0 unspecified atom stereocenters. The minimum Gasteiger partial charge on any atom is -0.370 e. The molecule has 7 nitrogen and oxygen atoms in total. The van der Waals surface area contributed by atoms with Crippen molar-refractivity contribution in [3.63, 3.8) is 0 Å². The number of halogens is 1. The number of benzene rings is 1. The second-order valence-corrected chi connectivity index (χ2v) is 8.60. The zero-order valence-electron chi connectivity index (χ0n) is 19.6. The first kappa shape index (κ1) is 28.2. The topological polar surface area (TPSA) is 91.0 Å². The highest BCUT2D eigenvalue weighted by Gasteiger charge is 2.23. The van der Waals surface area contributed by atoms with Crippen LogP contribution in [0.5, 0.6) is 0 Å². The van der Waals surface area contributed by atoms with Crippen molar-refractivity contribution in [1.82, 2.24) is 15.1 Å². The van der Waals surface area contributed by atoms with Crippen molar-refractivity contribution in [2.45, 2.75) is 52.4 Å². The molecule has 8 heteroatoms. The van der Waals surface area contributed by atoms with Gasteiger partial charge in [-0.3, -0.25) is 14.6 Å². The lowest BCUT2D eigenvalue weighted by Gasteiger charge is -2.35. The Bertz CT molecular complexity index is 704. The maximum atomic E-state index is 12.4. The first-order valence-corrected chi connectivity index (χ1v) is 11.6. The third-order valence-electron chi connectivity index (χ3n) is 5.46. The number of carbonyl (C=O) groups excluding carboxylic acids is 2. The van der Waals surface area contributed by atoms with Crippen molar-refractivity contribution in [3.8, 4) is 0 Å². The van der Waals surface area contributed by atoms with Crippen LogP contribution in [-0.4, -0.2) is 66.8 Å². The van der Waals surface area contributed by atoms with Gasteiger partial charge in [-0.25, -0.2) is 0 Å². The van der Waals surface area contributed by atoms with E-state index in [-0.39, 0.29) is 35.8 Å². The van der Waals surface area contributed by atoms with E-state index in [4.69, 9.17) is 5.73 Å². The smallest absolute Gasteiger partial charge is 0.222 e. The number of rotatable bonds is 11. The third-order valence-corrected chi connectivity index (χ3v) is 5.46. The van der Waals surface area contributed by atoms with Crippen LogP contribution in [-0.2, 0) is 16.0 Å². The number of hydrogen-bond donors (Lipinski definition) is 2. The highest BCUT2D eigenvalue weighted by Crippen LogP contribution is 2.10. The van der Waals surface area contributed by atoms with E-state index in [2.05, 4.69) is 36.3 Å². The summed E-state index contributed by atoms with van der Waals surface area (Å²) in [6, 6.07) is 10.3. The third kappa shape index (κ3) is 11.2. The molecule has 1 aliphatic rings. The SMILES string of the molecule is CC(C)CC(=O)N1CCN(C(=O)CCCCCN=C(N)NCCc2ccccc2)CC1.I. The summed E-state index contributed by atoms with van der Waals surface area (Å²) in [4.78, 5) is 32.7. The fourth-order valence-electron chi connectivity index (χ4n) is 3.64. The lowest BCUT2D eigenvalue weighted by atomic mass is 10.1. The van der Waals surface area contributed by atoms with Crippen LogP contribution in [0.15, 0.2) is 35.3 Å². The predicted molar refractivity (Wildman–Crippen MR) is 141 cm³/mol. The van der Waals surface area contributed by atoms with Crippen molar-refractivity contribution >= 4 is 41.8 Å². The molecule has 0 radical (unpaired) electrons. The standard InChI is InChI=1S/C24H39N5O2.HI/c1-20(2)19-23(31)29-17-15-28(16-18-29)22(30)11-7-4-8-13-26-24(25)27-14-12-21-9-5-3-6-10-21;/h3,5-6,9-10,20H,4,7-8,11-19H2,1-2H3,(H3,25,26,27);1H. The zero-order chi connectivity index (χ0) is 22.5. The fraction of sp³-hybridized carbons (Fsp3) is 0.625. The van der Waals surface area contributed by atoms with Crippen molar-refractivity contribution in [1.29, 1.82) is 0 Å². The molecule has 1 fully saturated rings. The molecule has 1 heterocycles. The molecule has 2 rings (SSSR count). The molecule has 2 amide bonds. The van der Waals surface area contributed by atoms with Crippen molar-refractivity contribution in [3.05, 3.63) is 35.9 Å². The highest BCUT2D eigenvalue weighted by atomic mass is 127. The van der Waals surface area contributed by atoms with Gasteiger partial charge in [-0.1, -0.05) is 50.6 Å². The lowest BCUT2D eigenvalue weighted by Crippen LogP contribution is -2.50. The number of guanidine groups is 1. The summed E-state index contributed by atoms with van der Waals surface area (Å²) < 4.78 is 0. The number of carbonyl (C=O) groups is 2. The number of nitrogens with two attached hydrogens (primary N) is 1. The van der Waals surface area contributed by atoms with Gasteiger partial charge >= 0.3 is 0 Å². The van der Waals surface area contributed by atoms with Gasteiger partial charge < -0.3 is 20.9 Å². The quantitative estimate of drug-likeness (QED) is 0.190. The van der Waals surface area contributed by atoms with E-state index in [1.807, 2.05) is 28.0 Å². The van der Waals surface area contributed by atoms with Gasteiger partial charge in [-0.2, -0.15) is 0 Å². The van der Waals surface area contributed by atoms with Crippen LogP contribution in [0.4, 0.5) is 0 Å². The summed E-state index contributed by atoms with van der Waals surface area (Å²) in [6.07, 6.45) is 4.81. The lowest BCUT2D eigenvalue weighted by molar-refractivity contribution is -0.140. The average Bonchev–Trinajstić information content (AvgIpc) is 2.76. The predicted octanol–water partition coefficient (Wildman–Crippen LogP) is 3.03. The van der Waals surface area contributed by atoms with Crippen LogP contribution in [0.1, 0.15) is 51.5 Å². The van der Waals surface area contributed by atoms with Gasteiger partial charge in [0.25, 0.3) is 0 Å². The van der Waals surface area contributed by atoms with E-state index in [0.29, 0.717) is 57.4 Å². The number of unbranched alkanes of at least 4 members (excludes halogenated alkanes) is 2. The van der Waals surface area contributed by atoms with Crippen molar-refractivity contribution < 1.29 is 9.59 Å². The zero-order valence-corrected chi connectivity index (χ0v) is 21.9. The molecule has 0 spiro atoms. The fourth-order valence-corrected chi connectivity index (χ4v) is 3.64. The molecule has 32 heavy (non-hydrogen) atoms. The van der Waals surface area contributed by atoms with Crippen LogP contribution in [0, 0.1) is 5.92 Å². The Hall–Kier alpha value is -1.84. The Morgan fingerprint density at radius 2 is 1.62 bits per heavy atom. The molecule has 0 aliphatic carbocycles. The first-order chi connectivity index (χ1) is 15.0. The van der Waals surface area contributed by atoms with Gasteiger partial charge in [0.1, 0.15) is 0 Å². The molecule has 180 valence electrons. The largest absolute Gasteiger partial charge is 0.370 e. The summed E-state index contributed by atoms with van der Waals surface area (Å²) in [5.74, 6) is 1.26. The summed E-state index contributed by atoms with van der Waals surface area (Å²) in [5, 5.41) is 3.14. The Morgan fingerprint density at radius 1 is 1.00 bits per heavy atom. The normalized spacial score (nSPS) is 14.3. The molecule has 0 bridgehead atoms. The molecule has 0 saturated carbocycles. The van der Waals surface area contributed by atoms with Gasteiger partial charge in [0.2, 0.25) is 11.8 Å². The second kappa shape index (κ2) is 15.9. The molecule has 3 N–H and O–H groups in total. The molecule has 1 saturated heterocycles. The second-order valence-electron chi connectivity index (χ2n) is 8.60. The number of nitrogens with one attached hydrogen (secondary N) is 1. The van der Waals surface area contributed by atoms with E-state index < -0.39 is 0 Å². The Balaban J connectivity index is 0.00000512. The van der Waals surface area contributed by atoms with E-state index in [9.17, 15) is 9.59 Å². The first-order valence-electron chi connectivity index (χ1n) is 11.6. The summed E-state index contributed by atoms with van der Waals surface area (Å²) in [6.45, 7) is 8.17. The molecule has 0 aromatic heterocycles. The van der Waals surface area contributed by atoms with E-state index >= 15 is 0 Å². The van der Waals surface area contributed by atoms with Gasteiger partial charge in [0.05, 0.1) is 0 Å². The van der Waals surface area contributed by atoms with Crippen LogP contribution >= 0.6 is 24.0 Å². The molecular formula is C24H40IN5O2. The number of amides is 2. The Labute approximate surface area is 210 Å². The van der Waals surface area contributed by atoms with Crippen molar-refractivity contribution in [2.75, 3.05) is 39.3 Å². The summed E-state index contributed by atoms with van der Waals surface area (Å²) in [7, 11) is 0. The molecular weight excluding hydrogens is 517 g/mol. The minimum absolute atomic E-state index is 0. The van der Waals surface area contributed by atoms with Crippen LogP contribution < -0.4 is 11.1 Å². The number of aliphatic imine (C=N–C) groups is 1. The van der Waals surface area contributed by atoms with Crippen LogP contribution in [0.3, 0.4) is 0 Å². The summed E-state index contributed by atoms with van der Waals surface area (Å²) >= 11 is 0. The number of hydrogen-bond acceptors (Lipinski definition) is 3. The van der Waals surface area contributed by atoms with Crippen molar-refractivity contribution in [2.24, 2.45) is 16.6 Å².